The van der Waals surface area contributed by atoms with Crippen molar-refractivity contribution in [2.75, 3.05) is 31.2 Å². The van der Waals surface area contributed by atoms with Gasteiger partial charge in [-0.25, -0.2) is 8.42 Å². The quantitative estimate of drug-likeness (QED) is 0.291. The number of carbonyl (C=O) groups excluding carboxylic acids is 1. The Bertz CT molecular complexity index is 1540. The zero-order valence-electron chi connectivity index (χ0n) is 21.0. The largest absolute Gasteiger partial charge is 0.494 e. The van der Waals surface area contributed by atoms with Crippen LogP contribution in [0.4, 0.5) is 5.69 Å². The molecule has 0 N–H and O–H groups in total. The van der Waals surface area contributed by atoms with Crippen LogP contribution in [0.2, 0.25) is 0 Å². The summed E-state index contributed by atoms with van der Waals surface area (Å²) in [7, 11) is -2.16. The molecule has 3 aromatic carbocycles. The molecule has 0 aliphatic rings. The highest BCUT2D eigenvalue weighted by molar-refractivity contribution is 7.92. The minimum atomic E-state index is -3.79. The number of methoxy groups -OCH3 is 1. The van der Waals surface area contributed by atoms with Crippen molar-refractivity contribution in [2.45, 2.75) is 25.3 Å². The molecule has 0 saturated heterocycles. The molecule has 10 heteroatoms. The zero-order valence-corrected chi connectivity index (χ0v) is 22.6. The molecule has 37 heavy (non-hydrogen) atoms. The molecule has 0 unspecified atom stereocenters. The Kier molecular flexibility index (Phi) is 8.42. The molecule has 4 rings (SSSR count). The predicted molar refractivity (Wildman–Crippen MR) is 146 cm³/mol. The van der Waals surface area contributed by atoms with Crippen molar-refractivity contribution in [1.29, 1.82) is 0 Å². The van der Waals surface area contributed by atoms with E-state index in [-0.39, 0.29) is 11.4 Å². The topological polar surface area (TPSA) is 90.2 Å². The Hall–Kier alpha value is -3.47. The van der Waals surface area contributed by atoms with Crippen molar-refractivity contribution in [1.82, 2.24) is 4.57 Å². The third-order valence-corrected chi connectivity index (χ3v) is 8.66. The van der Waals surface area contributed by atoms with Crippen LogP contribution in [0.3, 0.4) is 0 Å². The van der Waals surface area contributed by atoms with E-state index in [0.717, 1.165) is 16.0 Å². The normalized spacial score (nSPS) is 12.1. The maximum Gasteiger partial charge on any atom is 0.279 e. The van der Waals surface area contributed by atoms with E-state index >= 15 is 0 Å². The fourth-order valence-electron chi connectivity index (χ4n) is 3.93. The lowest BCUT2D eigenvalue weighted by atomic mass is 10.2. The second kappa shape index (κ2) is 11.7. The molecule has 0 spiro atoms. The van der Waals surface area contributed by atoms with Crippen molar-refractivity contribution in [3.05, 3.63) is 83.2 Å². The highest BCUT2D eigenvalue weighted by Crippen LogP contribution is 2.25. The van der Waals surface area contributed by atoms with Gasteiger partial charge in [-0.05, 0) is 68.4 Å². The summed E-state index contributed by atoms with van der Waals surface area (Å²) in [6.07, 6.45) is 0. The molecule has 1 amide bonds. The lowest BCUT2D eigenvalue weighted by Crippen LogP contribution is -2.30. The maximum atomic E-state index is 13.2. The number of nitrogens with zero attached hydrogens (tertiary/aromatic N) is 3. The Labute approximate surface area is 220 Å². The van der Waals surface area contributed by atoms with Gasteiger partial charge < -0.3 is 14.0 Å². The fraction of sp³-hybridized carbons (Fsp3) is 0.259. The predicted octanol–water partition coefficient (Wildman–Crippen LogP) is 4.70. The number of thiazole rings is 1. The van der Waals surface area contributed by atoms with E-state index in [0.29, 0.717) is 35.8 Å². The van der Waals surface area contributed by atoms with Gasteiger partial charge in [-0.15, -0.1) is 0 Å². The fourth-order valence-corrected chi connectivity index (χ4v) is 6.48. The van der Waals surface area contributed by atoms with Crippen molar-refractivity contribution < 1.29 is 22.7 Å². The number of fused-ring (bicyclic) bond motifs is 1. The molecule has 0 fully saturated rings. The minimum Gasteiger partial charge on any atom is -0.494 e. The summed E-state index contributed by atoms with van der Waals surface area (Å²) in [6.45, 7) is 5.53. The number of hydrogen-bond donors (Lipinski definition) is 0. The van der Waals surface area contributed by atoms with Crippen LogP contribution in [0.25, 0.3) is 10.2 Å². The molecule has 8 nitrogen and oxygen atoms in total. The second-order valence-corrected chi connectivity index (χ2v) is 10.9. The first-order valence-electron chi connectivity index (χ1n) is 11.9. The van der Waals surface area contributed by atoms with Gasteiger partial charge in [0, 0.05) is 25.8 Å². The van der Waals surface area contributed by atoms with Crippen molar-refractivity contribution >= 4 is 43.2 Å². The van der Waals surface area contributed by atoms with Crippen molar-refractivity contribution in [3.8, 4) is 5.75 Å². The first-order chi connectivity index (χ1) is 17.9. The van der Waals surface area contributed by atoms with Crippen molar-refractivity contribution in [3.63, 3.8) is 0 Å². The molecule has 0 saturated carbocycles. The highest BCUT2D eigenvalue weighted by Gasteiger charge is 2.23. The Morgan fingerprint density at radius 1 is 1.03 bits per heavy atom. The van der Waals surface area contributed by atoms with E-state index in [1.54, 1.807) is 38.3 Å². The van der Waals surface area contributed by atoms with E-state index in [1.807, 2.05) is 35.8 Å². The van der Waals surface area contributed by atoms with Crippen LogP contribution in [0, 0.1) is 0 Å². The first kappa shape index (κ1) is 26.6. The molecule has 0 aliphatic carbocycles. The molecule has 1 heterocycles. The van der Waals surface area contributed by atoms with Crippen molar-refractivity contribution in [2.24, 2.45) is 4.99 Å². The smallest absolute Gasteiger partial charge is 0.279 e. The number of hydrogen-bond acceptors (Lipinski definition) is 6. The summed E-state index contributed by atoms with van der Waals surface area (Å²) in [5.41, 5.74) is 1.81. The molecular formula is C27H29N3O5S2. The van der Waals surface area contributed by atoms with Gasteiger partial charge in [0.1, 0.15) is 5.75 Å². The molecule has 4 aromatic rings. The van der Waals surface area contributed by atoms with Gasteiger partial charge in [0.25, 0.3) is 15.9 Å². The monoisotopic (exact) mass is 539 g/mol. The Morgan fingerprint density at radius 2 is 1.76 bits per heavy atom. The number of amides is 1. The lowest BCUT2D eigenvalue weighted by Gasteiger charge is -2.22. The van der Waals surface area contributed by atoms with E-state index in [9.17, 15) is 13.2 Å². The zero-order chi connectivity index (χ0) is 26.4. The average molecular weight is 540 g/mol. The minimum absolute atomic E-state index is 0.107. The molecule has 0 radical (unpaired) electrons. The number of benzene rings is 3. The summed E-state index contributed by atoms with van der Waals surface area (Å²) in [5.74, 6) is 0.295. The van der Waals surface area contributed by atoms with Gasteiger partial charge in [-0.3, -0.25) is 9.10 Å². The number of rotatable bonds is 10. The number of sulfonamides is 1. The van der Waals surface area contributed by atoms with Crippen LogP contribution in [0.15, 0.2) is 82.7 Å². The van der Waals surface area contributed by atoms with Gasteiger partial charge in [0.05, 0.1) is 34.0 Å². The SMILES string of the molecule is CCOc1ccc2c(c1)sc(=NC(=O)c1ccc(S(=O)(=O)N(CC)c3ccccc3)cc1)n2CCOC. The third-order valence-electron chi connectivity index (χ3n) is 5.70. The van der Waals surface area contributed by atoms with Gasteiger partial charge in [-0.2, -0.15) is 4.99 Å². The van der Waals surface area contributed by atoms with Gasteiger partial charge in [0.2, 0.25) is 0 Å². The number of carbonyl (C=O) groups is 1. The van der Waals surface area contributed by atoms with E-state index in [1.165, 1.54) is 39.9 Å². The van der Waals surface area contributed by atoms with Crippen LogP contribution in [0.5, 0.6) is 5.75 Å². The van der Waals surface area contributed by atoms with Crippen LogP contribution >= 0.6 is 11.3 Å². The molecule has 194 valence electrons. The summed E-state index contributed by atoms with van der Waals surface area (Å²) >= 11 is 1.39. The Morgan fingerprint density at radius 3 is 2.41 bits per heavy atom. The van der Waals surface area contributed by atoms with Crippen LogP contribution in [0.1, 0.15) is 24.2 Å². The summed E-state index contributed by atoms with van der Waals surface area (Å²) in [5, 5.41) is 0. The van der Waals surface area contributed by atoms with Gasteiger partial charge in [0.15, 0.2) is 4.80 Å². The van der Waals surface area contributed by atoms with Crippen LogP contribution in [-0.4, -0.2) is 45.8 Å². The average Bonchev–Trinajstić information content (AvgIpc) is 3.24. The maximum absolute atomic E-state index is 13.2. The summed E-state index contributed by atoms with van der Waals surface area (Å²) in [6, 6.07) is 20.6. The molecule has 0 bridgehead atoms. The van der Waals surface area contributed by atoms with E-state index in [4.69, 9.17) is 9.47 Å². The van der Waals surface area contributed by atoms with E-state index in [2.05, 4.69) is 4.99 Å². The first-order valence-corrected chi connectivity index (χ1v) is 14.2. The summed E-state index contributed by atoms with van der Waals surface area (Å²) < 4.78 is 41.6. The highest BCUT2D eigenvalue weighted by atomic mass is 32.2. The standard InChI is InChI=1S/C27H29N3O5S2/c1-4-30(21-9-7-6-8-10-21)37(32,33)23-14-11-20(12-15-23)26(31)28-27-29(17-18-34-3)24-16-13-22(35-5-2)19-25(24)36-27/h6-16,19H,4-5,17-18H2,1-3H3. The molecule has 0 atom stereocenters. The van der Waals surface area contributed by atoms with Gasteiger partial charge in [-0.1, -0.05) is 29.5 Å². The Balaban J connectivity index is 1.66. The number of anilines is 1. The van der Waals surface area contributed by atoms with Crippen LogP contribution < -0.4 is 13.8 Å². The van der Waals surface area contributed by atoms with Gasteiger partial charge >= 0.3 is 0 Å². The number of para-hydroxylation sites is 1. The van der Waals surface area contributed by atoms with Crippen LogP contribution in [-0.2, 0) is 21.3 Å². The molecule has 1 aromatic heterocycles. The lowest BCUT2D eigenvalue weighted by molar-refractivity contribution is 0.0997. The summed E-state index contributed by atoms with van der Waals surface area (Å²) in [4.78, 5) is 18.1. The third kappa shape index (κ3) is 5.76. The second-order valence-electron chi connectivity index (χ2n) is 8.04. The molecule has 0 aliphatic heterocycles. The molecular weight excluding hydrogens is 510 g/mol. The number of ether oxygens (including phenoxy) is 2. The number of aromatic nitrogens is 1. The van der Waals surface area contributed by atoms with E-state index < -0.39 is 15.9 Å².